The van der Waals surface area contributed by atoms with E-state index < -0.39 is 0 Å². The van der Waals surface area contributed by atoms with Crippen molar-refractivity contribution < 1.29 is 9.90 Å². The van der Waals surface area contributed by atoms with Crippen molar-refractivity contribution in [2.45, 2.75) is 19.4 Å². The molecule has 0 radical (unpaired) electrons. The van der Waals surface area contributed by atoms with Gasteiger partial charge in [0.2, 0.25) is 0 Å². The van der Waals surface area contributed by atoms with Crippen molar-refractivity contribution in [3.05, 3.63) is 23.0 Å². The number of hydrogen-bond acceptors (Lipinski definition) is 4. The molecule has 1 aromatic rings. The van der Waals surface area contributed by atoms with Gasteiger partial charge in [-0.05, 0) is 24.5 Å². The molecule has 1 aliphatic heterocycles. The lowest BCUT2D eigenvalue weighted by Gasteiger charge is -2.24. The molecule has 2 rings (SSSR count). The van der Waals surface area contributed by atoms with Crippen LogP contribution >= 0.6 is 11.6 Å². The Balaban J connectivity index is 2.17. The van der Waals surface area contributed by atoms with Gasteiger partial charge in [-0.15, -0.1) is 10.2 Å². The van der Waals surface area contributed by atoms with Crippen LogP contribution in [0.15, 0.2) is 12.1 Å². The first-order valence-corrected chi connectivity index (χ1v) is 5.92. The van der Waals surface area contributed by atoms with Gasteiger partial charge in [-0.1, -0.05) is 18.5 Å². The number of aromatic nitrogens is 2. The highest BCUT2D eigenvalue weighted by Crippen LogP contribution is 2.24. The molecule has 0 saturated carbocycles. The van der Waals surface area contributed by atoms with Gasteiger partial charge < -0.3 is 10.0 Å². The van der Waals surface area contributed by atoms with E-state index in [2.05, 4.69) is 10.2 Å². The number of nitrogens with zero attached hydrogens (tertiary/aromatic N) is 3. The van der Waals surface area contributed by atoms with E-state index in [1.165, 1.54) is 6.07 Å². The Morgan fingerprint density at radius 3 is 2.94 bits per heavy atom. The first-order chi connectivity index (χ1) is 8.13. The van der Waals surface area contributed by atoms with Gasteiger partial charge in [0.1, 0.15) is 0 Å². The average Bonchev–Trinajstić information content (AvgIpc) is 2.70. The Labute approximate surface area is 104 Å². The number of likely N-dealkylation sites (tertiary alicyclic amines) is 1. The van der Waals surface area contributed by atoms with E-state index in [1.807, 2.05) is 6.92 Å². The molecule has 5 nitrogen and oxygen atoms in total. The zero-order valence-corrected chi connectivity index (χ0v) is 10.3. The number of carbonyl (C=O) groups excluding carboxylic acids is 1. The predicted octanol–water partition coefficient (Wildman–Crippen LogP) is 0.973. The minimum absolute atomic E-state index is 0.0199. The number of halogens is 1. The third-order valence-electron chi connectivity index (χ3n) is 3.18. The van der Waals surface area contributed by atoms with Crippen LogP contribution in [-0.2, 0) is 0 Å². The first kappa shape index (κ1) is 12.3. The quantitative estimate of drug-likeness (QED) is 0.855. The molecular weight excluding hydrogens is 242 g/mol. The van der Waals surface area contributed by atoms with Gasteiger partial charge in [0.25, 0.3) is 5.91 Å². The summed E-state index contributed by atoms with van der Waals surface area (Å²) in [6.07, 6.45) is 0.901. The molecule has 0 bridgehead atoms. The SMILES string of the molecule is CC1CCN(C(=O)c2ccc(Cl)nn2)C1CO. The van der Waals surface area contributed by atoms with Crippen molar-refractivity contribution in [2.75, 3.05) is 13.2 Å². The summed E-state index contributed by atoms with van der Waals surface area (Å²) in [5, 5.41) is 17.0. The Morgan fingerprint density at radius 1 is 1.59 bits per heavy atom. The summed E-state index contributed by atoms with van der Waals surface area (Å²) in [6.45, 7) is 2.66. The summed E-state index contributed by atoms with van der Waals surface area (Å²) >= 11 is 5.62. The summed E-state index contributed by atoms with van der Waals surface area (Å²) in [4.78, 5) is 13.8. The van der Waals surface area contributed by atoms with E-state index in [9.17, 15) is 9.90 Å². The summed E-state index contributed by atoms with van der Waals surface area (Å²) < 4.78 is 0. The van der Waals surface area contributed by atoms with Crippen LogP contribution in [0.4, 0.5) is 0 Å². The number of carbonyl (C=O) groups is 1. The molecule has 2 unspecified atom stereocenters. The molecule has 1 N–H and O–H groups in total. The molecule has 92 valence electrons. The van der Waals surface area contributed by atoms with Crippen molar-refractivity contribution in [3.63, 3.8) is 0 Å². The van der Waals surface area contributed by atoms with E-state index >= 15 is 0 Å². The number of rotatable bonds is 2. The maximum Gasteiger partial charge on any atom is 0.274 e. The van der Waals surface area contributed by atoms with Crippen LogP contribution in [0.25, 0.3) is 0 Å². The Morgan fingerprint density at radius 2 is 2.35 bits per heavy atom. The molecule has 17 heavy (non-hydrogen) atoms. The molecule has 6 heteroatoms. The fourth-order valence-electron chi connectivity index (χ4n) is 2.12. The van der Waals surface area contributed by atoms with Crippen LogP contribution in [0.1, 0.15) is 23.8 Å². The lowest BCUT2D eigenvalue weighted by atomic mass is 10.0. The Hall–Kier alpha value is -1.20. The van der Waals surface area contributed by atoms with Gasteiger partial charge in [-0.25, -0.2) is 0 Å². The molecule has 1 saturated heterocycles. The number of aliphatic hydroxyl groups excluding tert-OH is 1. The van der Waals surface area contributed by atoms with Crippen molar-refractivity contribution in [1.82, 2.24) is 15.1 Å². The lowest BCUT2D eigenvalue weighted by molar-refractivity contribution is 0.0641. The average molecular weight is 256 g/mol. The monoisotopic (exact) mass is 255 g/mol. The van der Waals surface area contributed by atoms with E-state index in [-0.39, 0.29) is 29.4 Å². The standard InChI is InChI=1S/C11H14ClN3O2/c1-7-4-5-15(9(7)6-16)11(17)8-2-3-10(12)14-13-8/h2-3,7,9,16H,4-6H2,1H3. The smallest absolute Gasteiger partial charge is 0.274 e. The van der Waals surface area contributed by atoms with Gasteiger partial charge >= 0.3 is 0 Å². The van der Waals surface area contributed by atoms with Crippen molar-refractivity contribution in [3.8, 4) is 0 Å². The van der Waals surface area contributed by atoms with Gasteiger partial charge in [0.15, 0.2) is 10.8 Å². The number of amides is 1. The lowest BCUT2D eigenvalue weighted by Crippen LogP contribution is -2.40. The van der Waals surface area contributed by atoms with Crippen LogP contribution in [0.3, 0.4) is 0 Å². The second kappa shape index (κ2) is 4.98. The fraction of sp³-hybridized carbons (Fsp3) is 0.545. The Kier molecular flexibility index (Phi) is 3.59. The minimum Gasteiger partial charge on any atom is -0.394 e. The van der Waals surface area contributed by atoms with Crippen molar-refractivity contribution in [1.29, 1.82) is 0 Å². The van der Waals surface area contributed by atoms with Crippen LogP contribution in [0.5, 0.6) is 0 Å². The number of aliphatic hydroxyl groups is 1. The molecular formula is C11H14ClN3O2. The molecule has 1 aliphatic rings. The highest BCUT2D eigenvalue weighted by Gasteiger charge is 2.34. The van der Waals surface area contributed by atoms with Crippen LogP contribution in [-0.4, -0.2) is 45.3 Å². The largest absolute Gasteiger partial charge is 0.394 e. The minimum atomic E-state index is -0.197. The van der Waals surface area contributed by atoms with Crippen molar-refractivity contribution in [2.24, 2.45) is 5.92 Å². The van der Waals surface area contributed by atoms with E-state index in [4.69, 9.17) is 11.6 Å². The normalized spacial score (nSPS) is 24.1. The van der Waals surface area contributed by atoms with Gasteiger partial charge in [0.05, 0.1) is 12.6 Å². The van der Waals surface area contributed by atoms with Gasteiger partial charge in [0, 0.05) is 6.54 Å². The molecule has 0 aromatic carbocycles. The summed E-state index contributed by atoms with van der Waals surface area (Å²) in [5.74, 6) is 0.113. The molecule has 0 aliphatic carbocycles. The van der Waals surface area contributed by atoms with E-state index in [0.717, 1.165) is 6.42 Å². The van der Waals surface area contributed by atoms with E-state index in [0.29, 0.717) is 12.5 Å². The van der Waals surface area contributed by atoms with Crippen LogP contribution in [0, 0.1) is 5.92 Å². The maximum absolute atomic E-state index is 12.1. The summed E-state index contributed by atoms with van der Waals surface area (Å²) in [5.41, 5.74) is 0.266. The third kappa shape index (κ3) is 2.40. The third-order valence-corrected chi connectivity index (χ3v) is 3.38. The van der Waals surface area contributed by atoms with Crippen molar-refractivity contribution >= 4 is 17.5 Å². The Bertz CT molecular complexity index is 410. The topological polar surface area (TPSA) is 66.3 Å². The van der Waals surface area contributed by atoms with Crippen LogP contribution < -0.4 is 0 Å². The second-order valence-corrected chi connectivity index (χ2v) is 4.64. The zero-order chi connectivity index (χ0) is 12.4. The van der Waals surface area contributed by atoms with Gasteiger partial charge in [-0.3, -0.25) is 4.79 Å². The zero-order valence-electron chi connectivity index (χ0n) is 9.51. The highest BCUT2D eigenvalue weighted by molar-refractivity contribution is 6.29. The summed E-state index contributed by atoms with van der Waals surface area (Å²) in [7, 11) is 0. The molecule has 0 spiro atoms. The molecule has 2 atom stereocenters. The molecule has 1 amide bonds. The maximum atomic E-state index is 12.1. The summed E-state index contributed by atoms with van der Waals surface area (Å²) in [6, 6.07) is 2.96. The highest BCUT2D eigenvalue weighted by atomic mass is 35.5. The molecule has 1 fully saturated rings. The fourth-order valence-corrected chi connectivity index (χ4v) is 2.22. The number of hydrogen-bond donors (Lipinski definition) is 1. The van der Waals surface area contributed by atoms with Crippen LogP contribution in [0.2, 0.25) is 5.15 Å². The predicted molar refractivity (Wildman–Crippen MR) is 62.7 cm³/mol. The molecule has 2 heterocycles. The molecule has 1 aromatic heterocycles. The second-order valence-electron chi connectivity index (χ2n) is 4.26. The van der Waals surface area contributed by atoms with E-state index in [1.54, 1.807) is 11.0 Å². The first-order valence-electron chi connectivity index (χ1n) is 5.54. The van der Waals surface area contributed by atoms with Gasteiger partial charge in [-0.2, -0.15) is 0 Å².